The molecule has 0 aliphatic carbocycles. The lowest BCUT2D eigenvalue weighted by Crippen LogP contribution is -2.49. The Bertz CT molecular complexity index is 305. The second-order valence-electron chi connectivity index (χ2n) is 3.45. The molecule has 1 aliphatic rings. The number of hydrogen-bond acceptors (Lipinski definition) is 5. The molecule has 0 aromatic carbocycles. The zero-order valence-electron chi connectivity index (χ0n) is 7.86. The van der Waals surface area contributed by atoms with Gasteiger partial charge in [0.1, 0.15) is 6.10 Å². The van der Waals surface area contributed by atoms with Crippen LogP contribution in [0.4, 0.5) is 0 Å². The Labute approximate surface area is 87.2 Å². The van der Waals surface area contributed by atoms with Crippen LogP contribution in [0.5, 0.6) is 0 Å². The Hall–Kier alpha value is 0.0800. The van der Waals surface area contributed by atoms with Crippen molar-refractivity contribution in [2.75, 3.05) is 6.61 Å². The molecular weight excluding hydrogens is 232 g/mol. The monoisotopic (exact) mass is 244 g/mol. The summed E-state index contributed by atoms with van der Waals surface area (Å²) < 4.78 is 33.8. The number of hydrogen-bond donors (Lipinski definition) is 2. The fourth-order valence-electron chi connectivity index (χ4n) is 1.13. The third-order valence-electron chi connectivity index (χ3n) is 1.71. The van der Waals surface area contributed by atoms with Crippen LogP contribution in [0.1, 0.15) is 13.8 Å². The minimum absolute atomic E-state index is 0.230. The molecule has 1 heterocycles. The molecule has 0 aromatic heterocycles. The van der Waals surface area contributed by atoms with Crippen LogP contribution in [-0.4, -0.2) is 33.1 Å². The highest BCUT2D eigenvalue weighted by Gasteiger charge is 2.37. The average molecular weight is 245 g/mol. The van der Waals surface area contributed by atoms with Crippen LogP contribution in [0, 0.1) is 0 Å². The van der Waals surface area contributed by atoms with E-state index < -0.39 is 27.3 Å². The molecule has 2 unspecified atom stereocenters. The van der Waals surface area contributed by atoms with Gasteiger partial charge in [-0.2, -0.15) is 13.1 Å². The zero-order chi connectivity index (χ0) is 11.0. The maximum atomic E-state index is 10.6. The normalized spacial score (nSPS) is 29.0. The van der Waals surface area contributed by atoms with Gasteiger partial charge >= 0.3 is 0 Å². The van der Waals surface area contributed by atoms with Crippen LogP contribution >= 0.6 is 10.7 Å². The van der Waals surface area contributed by atoms with Crippen LogP contribution in [0.3, 0.4) is 0 Å². The van der Waals surface area contributed by atoms with Gasteiger partial charge in [-0.05, 0) is 13.8 Å². The van der Waals surface area contributed by atoms with Crippen molar-refractivity contribution in [2.45, 2.75) is 31.9 Å². The van der Waals surface area contributed by atoms with Gasteiger partial charge in [-0.25, -0.2) is 0 Å². The fraction of sp³-hybridized carbons (Fsp3) is 1.00. The third kappa shape index (κ3) is 3.68. The number of nitrogens with two attached hydrogens (primary N) is 1. The Morgan fingerprint density at radius 2 is 2.21 bits per heavy atom. The van der Waals surface area contributed by atoms with Crippen molar-refractivity contribution in [1.29, 1.82) is 0 Å². The number of ether oxygens (including phenoxy) is 2. The largest absolute Gasteiger partial charge is 0.348 e. The summed E-state index contributed by atoms with van der Waals surface area (Å²) in [5.74, 6) is -0.736. The van der Waals surface area contributed by atoms with E-state index in [0.29, 0.717) is 0 Å². The predicted molar refractivity (Wildman–Crippen MR) is 50.8 cm³/mol. The summed E-state index contributed by atoms with van der Waals surface area (Å²) in [7, 11) is 1.13. The molecule has 0 spiro atoms. The van der Waals surface area contributed by atoms with Gasteiger partial charge in [0, 0.05) is 10.7 Å². The molecule has 0 saturated carbocycles. The van der Waals surface area contributed by atoms with Crippen LogP contribution in [-0.2, 0) is 18.7 Å². The standard InChI is InChI=1S/C6H13ClN2O4S/c1-6(2)12-3-4(13-6)5(8)9-14(7,10)11/h4-5,9H,3,8H2,1-2H3. The Morgan fingerprint density at radius 1 is 1.64 bits per heavy atom. The quantitative estimate of drug-likeness (QED) is 0.516. The van der Waals surface area contributed by atoms with Gasteiger partial charge in [-0.3, -0.25) is 0 Å². The van der Waals surface area contributed by atoms with Crippen LogP contribution in [0.25, 0.3) is 0 Å². The van der Waals surface area contributed by atoms with E-state index in [1.807, 2.05) is 4.72 Å². The lowest BCUT2D eigenvalue weighted by atomic mass is 10.3. The smallest absolute Gasteiger partial charge is 0.298 e. The highest BCUT2D eigenvalue weighted by atomic mass is 35.7. The molecule has 14 heavy (non-hydrogen) atoms. The van der Waals surface area contributed by atoms with Gasteiger partial charge < -0.3 is 15.2 Å². The highest BCUT2D eigenvalue weighted by Crippen LogP contribution is 2.23. The van der Waals surface area contributed by atoms with E-state index in [4.69, 9.17) is 25.9 Å². The summed E-state index contributed by atoms with van der Waals surface area (Å²) in [5, 5.41) is 0. The molecule has 0 amide bonds. The van der Waals surface area contributed by atoms with Gasteiger partial charge in [-0.1, -0.05) is 0 Å². The van der Waals surface area contributed by atoms with Gasteiger partial charge in [0.25, 0.3) is 9.24 Å². The number of rotatable bonds is 3. The number of halogens is 1. The average Bonchev–Trinajstić information content (AvgIpc) is 2.26. The second kappa shape index (κ2) is 3.92. The summed E-state index contributed by atoms with van der Waals surface area (Å²) in [6.45, 7) is 3.66. The van der Waals surface area contributed by atoms with E-state index in [2.05, 4.69) is 0 Å². The molecule has 2 atom stereocenters. The molecule has 1 rings (SSSR count). The lowest BCUT2D eigenvalue weighted by molar-refractivity contribution is -0.140. The van der Waals surface area contributed by atoms with E-state index in [1.54, 1.807) is 13.8 Å². The predicted octanol–water partition coefficient (Wildman–Crippen LogP) is -0.504. The molecule has 0 aromatic rings. The molecule has 1 aliphatic heterocycles. The third-order valence-corrected chi connectivity index (χ3v) is 2.53. The Kier molecular flexibility index (Phi) is 3.40. The lowest BCUT2D eigenvalue weighted by Gasteiger charge is -2.20. The summed E-state index contributed by atoms with van der Waals surface area (Å²) in [5.41, 5.74) is 5.51. The first kappa shape index (κ1) is 12.2. The minimum Gasteiger partial charge on any atom is -0.348 e. The van der Waals surface area contributed by atoms with Crippen molar-refractivity contribution in [2.24, 2.45) is 5.73 Å². The fourth-order valence-corrected chi connectivity index (χ4v) is 1.92. The molecule has 0 bridgehead atoms. The van der Waals surface area contributed by atoms with Gasteiger partial charge in [-0.15, -0.1) is 0 Å². The molecule has 8 heteroatoms. The minimum atomic E-state index is -3.84. The van der Waals surface area contributed by atoms with Crippen molar-refractivity contribution in [3.05, 3.63) is 0 Å². The van der Waals surface area contributed by atoms with Crippen molar-refractivity contribution < 1.29 is 17.9 Å². The highest BCUT2D eigenvalue weighted by molar-refractivity contribution is 8.12. The Balaban J connectivity index is 2.52. The number of nitrogens with one attached hydrogen (secondary N) is 1. The van der Waals surface area contributed by atoms with E-state index in [0.717, 1.165) is 0 Å². The van der Waals surface area contributed by atoms with Crippen molar-refractivity contribution >= 4 is 19.9 Å². The summed E-state index contributed by atoms with van der Waals surface area (Å²) >= 11 is 0. The van der Waals surface area contributed by atoms with Crippen molar-refractivity contribution in [3.8, 4) is 0 Å². The van der Waals surface area contributed by atoms with E-state index in [1.165, 1.54) is 0 Å². The summed E-state index contributed by atoms with van der Waals surface area (Å²) in [6.07, 6.45) is -1.43. The molecule has 1 fully saturated rings. The maximum Gasteiger partial charge on any atom is 0.298 e. The molecule has 84 valence electrons. The first-order chi connectivity index (χ1) is 6.20. The van der Waals surface area contributed by atoms with Crippen molar-refractivity contribution in [1.82, 2.24) is 4.72 Å². The van der Waals surface area contributed by atoms with Crippen LogP contribution < -0.4 is 10.5 Å². The maximum absolute atomic E-state index is 10.6. The van der Waals surface area contributed by atoms with Gasteiger partial charge in [0.15, 0.2) is 5.79 Å². The first-order valence-corrected chi connectivity index (χ1v) is 6.30. The van der Waals surface area contributed by atoms with Gasteiger partial charge in [0.05, 0.1) is 12.8 Å². The van der Waals surface area contributed by atoms with E-state index >= 15 is 0 Å². The zero-order valence-corrected chi connectivity index (χ0v) is 9.43. The molecular formula is C6H13ClN2O4S. The Morgan fingerprint density at radius 3 is 2.57 bits per heavy atom. The molecule has 1 saturated heterocycles. The molecule has 0 radical (unpaired) electrons. The first-order valence-electron chi connectivity index (χ1n) is 3.99. The van der Waals surface area contributed by atoms with E-state index in [-0.39, 0.29) is 6.61 Å². The summed E-state index contributed by atoms with van der Waals surface area (Å²) in [4.78, 5) is 0. The van der Waals surface area contributed by atoms with Crippen LogP contribution in [0.15, 0.2) is 0 Å². The molecule has 3 N–H and O–H groups in total. The van der Waals surface area contributed by atoms with Crippen LogP contribution in [0.2, 0.25) is 0 Å². The summed E-state index contributed by atoms with van der Waals surface area (Å²) in [6, 6.07) is 0. The topological polar surface area (TPSA) is 90.6 Å². The van der Waals surface area contributed by atoms with E-state index in [9.17, 15) is 8.42 Å². The second-order valence-corrected chi connectivity index (χ2v) is 5.78. The van der Waals surface area contributed by atoms with Gasteiger partial charge in [0.2, 0.25) is 0 Å². The molecule has 6 nitrogen and oxygen atoms in total. The SMILES string of the molecule is CC1(C)OCC(C(N)NS(=O)(=O)Cl)O1. The van der Waals surface area contributed by atoms with Crippen molar-refractivity contribution in [3.63, 3.8) is 0 Å².